The number of amides is 1. The third-order valence-electron chi connectivity index (χ3n) is 11.9. The van der Waals surface area contributed by atoms with Crippen LogP contribution < -0.4 is 10.1 Å². The number of rotatable bonds is 15. The molecule has 1 aliphatic carbocycles. The first-order valence-corrected chi connectivity index (χ1v) is 28.5. The summed E-state index contributed by atoms with van der Waals surface area (Å²) in [5, 5.41) is 11.6. The van der Waals surface area contributed by atoms with E-state index in [4.69, 9.17) is 24.0 Å². The highest BCUT2D eigenvalue weighted by Crippen LogP contribution is 2.51. The topological polar surface area (TPSA) is 90.3 Å². The molecule has 1 saturated carbocycles. The van der Waals surface area contributed by atoms with Gasteiger partial charge in [-0.2, -0.15) is 5.10 Å². The lowest BCUT2D eigenvalue weighted by Crippen LogP contribution is -2.52. The van der Waals surface area contributed by atoms with Gasteiger partial charge in [-0.3, -0.25) is 0 Å². The van der Waals surface area contributed by atoms with E-state index in [0.717, 1.165) is 97.7 Å². The van der Waals surface area contributed by atoms with Gasteiger partial charge in [0.1, 0.15) is 36.5 Å². The predicted octanol–water partition coefficient (Wildman–Crippen LogP) is 10.2. The van der Waals surface area contributed by atoms with Gasteiger partial charge in [0, 0.05) is 47.0 Å². The number of carbonyl (C=O) groups is 1. The number of aromatic nitrogens is 2. The zero-order chi connectivity index (χ0) is 40.0. The molecule has 4 aliphatic rings. The van der Waals surface area contributed by atoms with Crippen LogP contribution in [0.2, 0.25) is 51.4 Å². The molecule has 3 aromatic rings. The van der Waals surface area contributed by atoms with Gasteiger partial charge in [0.15, 0.2) is 0 Å². The maximum atomic E-state index is 13.5. The summed E-state index contributed by atoms with van der Waals surface area (Å²) in [6.45, 7) is 22.7. The SMILES string of the molecule is COc1ccc2ccc(-c3cnn4c3NC([C@@H]3C[C@H]5CC[C@@H](C3)N5C(=O)OC(C)(C)C)C(C3CC3)=C4N(COCC[Si](C)(C)C)COCC[Si](C)(C)C)cc2c1. The number of benzene rings is 2. The van der Waals surface area contributed by atoms with Gasteiger partial charge in [-0.1, -0.05) is 57.5 Å². The molecule has 1 amide bonds. The first-order valence-electron chi connectivity index (χ1n) is 21.1. The summed E-state index contributed by atoms with van der Waals surface area (Å²) >= 11 is 0. The standard InChI is InChI=1S/C44H67N5O5Si2/c1-44(2,3)54-43(50)48-35-16-17-36(48)25-34(24-35)40-39(31-12-13-31)42(47(28-52-19-21-55(5,6)7)29-53-20-22-56(8,9)10)49-41(46-40)38(27-45-49)32-14-11-30-15-18-37(51-4)26-33(30)23-32/h11,14-15,18,23,26-27,31,34-36,40,46H,12-13,16-17,19-22,24-25,28-29H2,1-10H3/t34-,35-,36+,40?. The van der Waals surface area contributed by atoms with Crippen LogP contribution in [0.1, 0.15) is 59.3 Å². The monoisotopic (exact) mass is 801 g/mol. The van der Waals surface area contributed by atoms with Crippen LogP contribution in [-0.4, -0.2) is 99.3 Å². The normalized spacial score (nSPS) is 22.6. The van der Waals surface area contributed by atoms with Gasteiger partial charge >= 0.3 is 6.09 Å². The largest absolute Gasteiger partial charge is 0.497 e. The van der Waals surface area contributed by atoms with Crippen molar-refractivity contribution >= 4 is 44.7 Å². The molecule has 2 aromatic carbocycles. The summed E-state index contributed by atoms with van der Waals surface area (Å²) in [6, 6.07) is 15.5. The van der Waals surface area contributed by atoms with Crippen molar-refractivity contribution in [1.82, 2.24) is 19.6 Å². The number of hydrogen-bond acceptors (Lipinski definition) is 8. The van der Waals surface area contributed by atoms with Gasteiger partial charge in [-0.05, 0) is 123 Å². The highest BCUT2D eigenvalue weighted by molar-refractivity contribution is 6.76. The molecule has 56 heavy (non-hydrogen) atoms. The Morgan fingerprint density at radius 3 is 2.07 bits per heavy atom. The third kappa shape index (κ3) is 9.51. The van der Waals surface area contributed by atoms with Crippen LogP contribution in [-0.2, 0) is 14.2 Å². The Labute approximate surface area is 337 Å². The summed E-state index contributed by atoms with van der Waals surface area (Å²) in [5.41, 5.74) is 3.08. The molecule has 3 aliphatic heterocycles. The third-order valence-corrected chi connectivity index (χ3v) is 15.3. The van der Waals surface area contributed by atoms with Crippen molar-refractivity contribution in [1.29, 1.82) is 0 Å². The molecule has 4 heterocycles. The second kappa shape index (κ2) is 16.1. The molecular weight excluding hydrogens is 735 g/mol. The minimum absolute atomic E-state index is 0.0938. The summed E-state index contributed by atoms with van der Waals surface area (Å²) in [7, 11) is -0.849. The average Bonchev–Trinajstić information content (AvgIpc) is 3.81. The van der Waals surface area contributed by atoms with E-state index in [1.54, 1.807) is 7.11 Å². The molecule has 3 fully saturated rings. The van der Waals surface area contributed by atoms with Crippen molar-refractivity contribution < 1.29 is 23.7 Å². The van der Waals surface area contributed by atoms with Crippen LogP contribution in [0.25, 0.3) is 27.7 Å². The van der Waals surface area contributed by atoms with E-state index in [9.17, 15) is 4.79 Å². The van der Waals surface area contributed by atoms with Crippen LogP contribution in [0.3, 0.4) is 0 Å². The van der Waals surface area contributed by atoms with Gasteiger partial charge in [-0.25, -0.2) is 9.48 Å². The number of fused-ring (bicyclic) bond motifs is 4. The van der Waals surface area contributed by atoms with Gasteiger partial charge < -0.3 is 34.1 Å². The van der Waals surface area contributed by atoms with Crippen molar-refractivity contribution in [3.63, 3.8) is 0 Å². The van der Waals surface area contributed by atoms with E-state index < -0.39 is 21.7 Å². The number of ether oxygens (including phenoxy) is 4. The molecule has 1 unspecified atom stereocenters. The van der Waals surface area contributed by atoms with Gasteiger partial charge in [0.05, 0.1) is 19.3 Å². The fourth-order valence-corrected chi connectivity index (χ4v) is 10.3. The number of hydrogen-bond donors (Lipinski definition) is 1. The van der Waals surface area contributed by atoms with Crippen LogP contribution in [0.5, 0.6) is 5.75 Å². The second-order valence-corrected chi connectivity index (χ2v) is 31.4. The highest BCUT2D eigenvalue weighted by atomic mass is 28.3. The van der Waals surface area contributed by atoms with E-state index in [2.05, 4.69) is 89.4 Å². The molecule has 1 N–H and O–H groups in total. The molecule has 4 atom stereocenters. The lowest BCUT2D eigenvalue weighted by atomic mass is 9.79. The Balaban J connectivity index is 1.29. The molecule has 2 bridgehead atoms. The Bertz CT molecular complexity index is 1870. The zero-order valence-corrected chi connectivity index (χ0v) is 37.7. The van der Waals surface area contributed by atoms with Gasteiger partial charge in [-0.15, -0.1) is 0 Å². The van der Waals surface area contributed by atoms with E-state index in [0.29, 0.717) is 25.3 Å². The Kier molecular flexibility index (Phi) is 11.8. The number of anilines is 1. The number of methoxy groups -OCH3 is 1. The molecular formula is C44H67N5O5Si2. The van der Waals surface area contributed by atoms with Crippen LogP contribution in [0.15, 0.2) is 48.2 Å². The number of piperidine rings is 1. The van der Waals surface area contributed by atoms with Gasteiger partial charge in [0.2, 0.25) is 0 Å². The Hall–Kier alpha value is -3.33. The first kappa shape index (κ1) is 40.9. The summed E-state index contributed by atoms with van der Waals surface area (Å²) in [4.78, 5) is 18.0. The van der Waals surface area contributed by atoms with E-state index >= 15 is 0 Å². The van der Waals surface area contributed by atoms with Crippen molar-refractivity contribution in [2.24, 2.45) is 11.8 Å². The molecule has 7 rings (SSSR count). The minimum Gasteiger partial charge on any atom is -0.497 e. The van der Waals surface area contributed by atoms with Crippen LogP contribution in [0, 0.1) is 11.8 Å². The van der Waals surface area contributed by atoms with E-state index in [1.165, 1.54) is 11.0 Å². The molecule has 10 nitrogen and oxygen atoms in total. The first-order chi connectivity index (χ1) is 26.5. The fourth-order valence-electron chi connectivity index (χ4n) is 8.75. The Morgan fingerprint density at radius 1 is 0.875 bits per heavy atom. The second-order valence-electron chi connectivity index (χ2n) is 20.2. The van der Waals surface area contributed by atoms with Crippen LogP contribution in [0.4, 0.5) is 10.6 Å². The maximum Gasteiger partial charge on any atom is 0.410 e. The average molecular weight is 802 g/mol. The summed E-state index contributed by atoms with van der Waals surface area (Å²) < 4.78 is 26.9. The fraction of sp³-hybridized carbons (Fsp3) is 0.636. The molecule has 1 aromatic heterocycles. The molecule has 0 radical (unpaired) electrons. The molecule has 0 spiro atoms. The van der Waals surface area contributed by atoms with E-state index in [1.807, 2.05) is 33.0 Å². The predicted molar refractivity (Wildman–Crippen MR) is 232 cm³/mol. The highest BCUT2D eigenvalue weighted by Gasteiger charge is 2.50. The lowest BCUT2D eigenvalue weighted by molar-refractivity contribution is -0.0108. The number of nitrogens with zero attached hydrogens (tertiary/aromatic N) is 4. The molecule has 306 valence electrons. The smallest absolute Gasteiger partial charge is 0.410 e. The van der Waals surface area contributed by atoms with Crippen molar-refractivity contribution in [2.75, 3.05) is 39.1 Å². The van der Waals surface area contributed by atoms with Crippen molar-refractivity contribution in [2.45, 2.75) is 134 Å². The Morgan fingerprint density at radius 2 is 1.50 bits per heavy atom. The molecule has 12 heteroatoms. The van der Waals surface area contributed by atoms with Crippen molar-refractivity contribution in [3.8, 4) is 16.9 Å². The maximum absolute atomic E-state index is 13.5. The molecule has 2 saturated heterocycles. The quantitative estimate of drug-likeness (QED) is 0.0923. The summed E-state index contributed by atoms with van der Waals surface area (Å²) in [6.07, 6.45) is 8.12. The number of nitrogens with one attached hydrogen (secondary N) is 1. The zero-order valence-electron chi connectivity index (χ0n) is 35.7. The lowest BCUT2D eigenvalue weighted by Gasteiger charge is -2.45. The summed E-state index contributed by atoms with van der Waals surface area (Å²) in [5.74, 6) is 3.77. The van der Waals surface area contributed by atoms with Crippen LogP contribution >= 0.6 is 0 Å². The number of carbonyl (C=O) groups excluding carboxylic acids is 1. The van der Waals surface area contributed by atoms with E-state index in [-0.39, 0.29) is 24.2 Å². The van der Waals surface area contributed by atoms with Crippen molar-refractivity contribution in [3.05, 3.63) is 48.2 Å². The van der Waals surface area contributed by atoms with Gasteiger partial charge in [0.25, 0.3) is 0 Å². The minimum atomic E-state index is -1.28.